The molecule has 0 bridgehead atoms. The topological polar surface area (TPSA) is 93.0 Å². The Balaban J connectivity index is 2.09. The molecule has 0 aliphatic heterocycles. The predicted octanol–water partition coefficient (Wildman–Crippen LogP) is 5.99. The number of halogens is 1. The summed E-state index contributed by atoms with van der Waals surface area (Å²) in [6.45, 7) is 12.0. The SMILES string of the molecule is Cc1nc2c(c(C)c(C)n2Cc2cc[nH]n2)c(-c2ccc(Cl)cc2)c1[C@H](OC(C)(C)C)C(=O)O. The number of ether oxygens (including phenoxy) is 1. The number of pyridine rings is 1. The maximum absolute atomic E-state index is 12.5. The van der Waals surface area contributed by atoms with E-state index in [9.17, 15) is 9.90 Å². The molecule has 34 heavy (non-hydrogen) atoms. The Hall–Kier alpha value is -3.16. The maximum atomic E-state index is 12.5. The van der Waals surface area contributed by atoms with Crippen LogP contribution in [0.2, 0.25) is 5.02 Å². The summed E-state index contributed by atoms with van der Waals surface area (Å²) in [4.78, 5) is 17.4. The van der Waals surface area contributed by atoms with Crippen LogP contribution < -0.4 is 0 Å². The quantitative estimate of drug-likeness (QED) is 0.353. The fourth-order valence-corrected chi connectivity index (χ4v) is 4.48. The molecule has 3 heterocycles. The van der Waals surface area contributed by atoms with Crippen molar-refractivity contribution in [2.45, 2.75) is 59.8 Å². The summed E-state index contributed by atoms with van der Waals surface area (Å²) in [5, 5.41) is 18.9. The van der Waals surface area contributed by atoms with E-state index in [4.69, 9.17) is 21.3 Å². The fourth-order valence-electron chi connectivity index (χ4n) is 4.35. The Morgan fingerprint density at radius 3 is 2.41 bits per heavy atom. The first-order valence-corrected chi connectivity index (χ1v) is 11.5. The molecule has 0 aliphatic rings. The second-order valence-corrected chi connectivity index (χ2v) is 9.94. The summed E-state index contributed by atoms with van der Waals surface area (Å²) < 4.78 is 8.20. The summed E-state index contributed by atoms with van der Waals surface area (Å²) in [6, 6.07) is 9.38. The van der Waals surface area contributed by atoms with Crippen molar-refractivity contribution in [2.24, 2.45) is 0 Å². The van der Waals surface area contributed by atoms with Gasteiger partial charge < -0.3 is 14.4 Å². The summed E-state index contributed by atoms with van der Waals surface area (Å²) in [5.74, 6) is -1.06. The number of hydrogen-bond acceptors (Lipinski definition) is 4. The molecule has 0 radical (unpaired) electrons. The average Bonchev–Trinajstić information content (AvgIpc) is 3.34. The number of carboxylic acids is 1. The van der Waals surface area contributed by atoms with Gasteiger partial charge in [-0.2, -0.15) is 5.10 Å². The Bertz CT molecular complexity index is 1350. The molecule has 7 nitrogen and oxygen atoms in total. The van der Waals surface area contributed by atoms with E-state index in [2.05, 4.69) is 14.8 Å². The van der Waals surface area contributed by atoms with E-state index in [-0.39, 0.29) is 0 Å². The van der Waals surface area contributed by atoms with Gasteiger partial charge in [0.05, 0.1) is 17.8 Å². The van der Waals surface area contributed by atoms with Gasteiger partial charge in [0, 0.05) is 39.1 Å². The molecule has 178 valence electrons. The molecule has 4 rings (SSSR count). The minimum absolute atomic E-state index is 0.548. The van der Waals surface area contributed by atoms with Crippen LogP contribution >= 0.6 is 11.6 Å². The van der Waals surface area contributed by atoms with Crippen LogP contribution in [0.25, 0.3) is 22.2 Å². The third-order valence-electron chi connectivity index (χ3n) is 5.95. The van der Waals surface area contributed by atoms with Crippen molar-refractivity contribution >= 4 is 28.6 Å². The number of aryl methyl sites for hydroxylation is 2. The van der Waals surface area contributed by atoms with Gasteiger partial charge in [-0.05, 0) is 70.9 Å². The zero-order valence-electron chi connectivity index (χ0n) is 20.2. The molecular formula is C26H29ClN4O3. The van der Waals surface area contributed by atoms with Crippen LogP contribution in [0.15, 0.2) is 36.5 Å². The number of carboxylic acid groups (broad SMARTS) is 1. The lowest BCUT2D eigenvalue weighted by molar-refractivity contribution is -0.160. The Kier molecular flexibility index (Phi) is 6.27. The van der Waals surface area contributed by atoms with Gasteiger partial charge in [-0.3, -0.25) is 5.10 Å². The Morgan fingerprint density at radius 2 is 1.85 bits per heavy atom. The van der Waals surface area contributed by atoms with Crippen molar-refractivity contribution in [1.82, 2.24) is 19.7 Å². The van der Waals surface area contributed by atoms with Gasteiger partial charge in [-0.1, -0.05) is 23.7 Å². The minimum Gasteiger partial charge on any atom is -0.479 e. The largest absolute Gasteiger partial charge is 0.479 e. The standard InChI is InChI=1S/C26H29ClN4O3/c1-14-16(3)31(13-19-11-12-28-30-19)24-20(14)22(17-7-9-18(27)10-8-17)21(15(2)29-24)23(25(32)33)34-26(4,5)6/h7-12,23H,13H2,1-6H3,(H,28,30)(H,32,33)/t23-/m0/s1. The number of carbonyl (C=O) groups is 1. The second-order valence-electron chi connectivity index (χ2n) is 9.50. The minimum atomic E-state index is -1.18. The van der Waals surface area contributed by atoms with Crippen LogP contribution in [-0.4, -0.2) is 36.4 Å². The van der Waals surface area contributed by atoms with Gasteiger partial charge in [0.15, 0.2) is 6.10 Å². The summed E-state index contributed by atoms with van der Waals surface area (Å²) in [5.41, 5.74) is 5.90. The number of H-pyrrole nitrogens is 1. The van der Waals surface area contributed by atoms with Gasteiger partial charge in [0.25, 0.3) is 0 Å². The summed E-state index contributed by atoms with van der Waals surface area (Å²) in [7, 11) is 0. The summed E-state index contributed by atoms with van der Waals surface area (Å²) >= 11 is 6.18. The molecule has 1 aromatic carbocycles. The van der Waals surface area contributed by atoms with Crippen LogP contribution in [0.4, 0.5) is 0 Å². The first-order chi connectivity index (χ1) is 16.0. The van der Waals surface area contributed by atoms with Crippen LogP contribution in [0.3, 0.4) is 0 Å². The monoisotopic (exact) mass is 480 g/mol. The third-order valence-corrected chi connectivity index (χ3v) is 6.21. The molecule has 8 heteroatoms. The molecule has 4 aromatic rings. The molecule has 2 N–H and O–H groups in total. The first-order valence-electron chi connectivity index (χ1n) is 11.1. The Morgan fingerprint density at radius 1 is 1.18 bits per heavy atom. The van der Waals surface area contributed by atoms with Gasteiger partial charge in [0.1, 0.15) is 5.65 Å². The van der Waals surface area contributed by atoms with E-state index in [1.807, 2.05) is 71.9 Å². The second kappa shape index (κ2) is 8.89. The normalized spacial score (nSPS) is 12.9. The lowest BCUT2D eigenvalue weighted by atomic mass is 9.91. The lowest BCUT2D eigenvalue weighted by Gasteiger charge is -2.28. The van der Waals surface area contributed by atoms with Crippen molar-refractivity contribution in [2.75, 3.05) is 0 Å². The van der Waals surface area contributed by atoms with E-state index < -0.39 is 17.7 Å². The first kappa shape index (κ1) is 24.0. The molecule has 0 spiro atoms. The number of aromatic amines is 1. The van der Waals surface area contributed by atoms with E-state index in [0.29, 0.717) is 22.8 Å². The number of fused-ring (bicyclic) bond motifs is 1. The number of aromatic nitrogens is 4. The zero-order valence-corrected chi connectivity index (χ0v) is 21.0. The van der Waals surface area contributed by atoms with E-state index >= 15 is 0 Å². The zero-order chi connectivity index (χ0) is 24.8. The highest BCUT2D eigenvalue weighted by atomic mass is 35.5. The Labute approximate surface area is 203 Å². The van der Waals surface area contributed by atoms with Crippen LogP contribution in [0, 0.1) is 20.8 Å². The average molecular weight is 481 g/mol. The smallest absolute Gasteiger partial charge is 0.337 e. The highest BCUT2D eigenvalue weighted by molar-refractivity contribution is 6.30. The van der Waals surface area contributed by atoms with Crippen LogP contribution in [0.1, 0.15) is 55.1 Å². The lowest BCUT2D eigenvalue weighted by Crippen LogP contribution is -2.28. The van der Waals surface area contributed by atoms with E-state index in [1.54, 1.807) is 6.20 Å². The molecule has 0 unspecified atom stereocenters. The third kappa shape index (κ3) is 4.45. The van der Waals surface area contributed by atoms with Crippen molar-refractivity contribution in [3.63, 3.8) is 0 Å². The van der Waals surface area contributed by atoms with Crippen molar-refractivity contribution in [3.8, 4) is 11.1 Å². The number of benzene rings is 1. The number of nitrogens with zero attached hydrogens (tertiary/aromatic N) is 3. The molecule has 0 fully saturated rings. The highest BCUT2D eigenvalue weighted by Crippen LogP contribution is 2.42. The maximum Gasteiger partial charge on any atom is 0.337 e. The van der Waals surface area contributed by atoms with Gasteiger partial charge >= 0.3 is 5.97 Å². The number of nitrogens with one attached hydrogen (secondary N) is 1. The molecule has 1 atom stereocenters. The van der Waals surface area contributed by atoms with Crippen LogP contribution in [0.5, 0.6) is 0 Å². The summed E-state index contributed by atoms with van der Waals surface area (Å²) in [6.07, 6.45) is 0.609. The number of rotatable bonds is 6. The van der Waals surface area contributed by atoms with Gasteiger partial charge in [-0.25, -0.2) is 9.78 Å². The number of aliphatic carboxylic acids is 1. The van der Waals surface area contributed by atoms with Crippen LogP contribution in [-0.2, 0) is 16.1 Å². The number of hydrogen-bond donors (Lipinski definition) is 2. The van der Waals surface area contributed by atoms with Gasteiger partial charge in [0.2, 0.25) is 0 Å². The van der Waals surface area contributed by atoms with E-state index in [1.165, 1.54) is 0 Å². The van der Waals surface area contributed by atoms with Crippen molar-refractivity contribution in [3.05, 3.63) is 69.8 Å². The van der Waals surface area contributed by atoms with Crippen molar-refractivity contribution in [1.29, 1.82) is 0 Å². The predicted molar refractivity (Wildman–Crippen MR) is 133 cm³/mol. The van der Waals surface area contributed by atoms with Gasteiger partial charge in [-0.15, -0.1) is 0 Å². The fraction of sp³-hybridized carbons (Fsp3) is 0.346. The molecule has 0 saturated heterocycles. The molecule has 0 amide bonds. The molecule has 0 saturated carbocycles. The molecule has 3 aromatic heterocycles. The van der Waals surface area contributed by atoms with E-state index in [0.717, 1.165) is 39.1 Å². The van der Waals surface area contributed by atoms with Crippen molar-refractivity contribution < 1.29 is 14.6 Å². The molecule has 0 aliphatic carbocycles. The molecular weight excluding hydrogens is 452 g/mol. The highest BCUT2D eigenvalue weighted by Gasteiger charge is 2.33.